The molecule has 1 unspecified atom stereocenters. The van der Waals surface area contributed by atoms with Crippen molar-refractivity contribution < 1.29 is 13.3 Å². The Labute approximate surface area is 89.9 Å². The lowest BCUT2D eigenvalue weighted by Gasteiger charge is -2.30. The molecule has 3 nitrogen and oxygen atoms in total. The molecular formula is C9H24O3Si2. The largest absolute Gasteiger partial charge is 0.484 e. The molecule has 0 saturated carbocycles. The summed E-state index contributed by atoms with van der Waals surface area (Å²) in [7, 11) is -4.59. The molecule has 1 N–H and O–H groups in total. The Hall–Kier alpha value is 0.314. The van der Waals surface area contributed by atoms with Gasteiger partial charge in [-0.2, -0.15) is 0 Å². The third-order valence-electron chi connectivity index (χ3n) is 1.27. The van der Waals surface area contributed by atoms with Crippen molar-refractivity contribution in [3.8, 4) is 0 Å². The molecule has 0 saturated heterocycles. The minimum atomic E-state index is -2.89. The summed E-state index contributed by atoms with van der Waals surface area (Å²) in [6, 6.07) is 0. The maximum atomic E-state index is 9.94. The monoisotopic (exact) mass is 236 g/mol. The van der Waals surface area contributed by atoms with Gasteiger partial charge >= 0.3 is 8.80 Å². The Morgan fingerprint density at radius 3 is 1.79 bits per heavy atom. The second-order valence-electron chi connectivity index (χ2n) is 5.96. The molecule has 0 aliphatic rings. The molecule has 0 aromatic rings. The van der Waals surface area contributed by atoms with Gasteiger partial charge in [0, 0.05) is 13.2 Å². The lowest BCUT2D eigenvalue weighted by atomic mass is 9.99. The van der Waals surface area contributed by atoms with Crippen molar-refractivity contribution in [3.63, 3.8) is 0 Å². The topological polar surface area (TPSA) is 38.7 Å². The average molecular weight is 236 g/mol. The molecule has 0 fully saturated rings. The van der Waals surface area contributed by atoms with Crippen LogP contribution in [0.4, 0.5) is 0 Å². The predicted octanol–water partition coefficient (Wildman–Crippen LogP) is 2.46. The average Bonchev–Trinajstić information content (AvgIpc) is 1.76. The fourth-order valence-corrected chi connectivity index (χ4v) is 6.43. The highest BCUT2D eigenvalue weighted by molar-refractivity contribution is 6.79. The fraction of sp³-hybridized carbons (Fsp3) is 1.00. The van der Waals surface area contributed by atoms with Crippen LogP contribution in [0, 0.1) is 5.41 Å². The van der Waals surface area contributed by atoms with Crippen molar-refractivity contribution in [3.05, 3.63) is 0 Å². The highest BCUT2D eigenvalue weighted by atomic mass is 28.5. The molecule has 0 spiro atoms. The van der Waals surface area contributed by atoms with Crippen LogP contribution in [0.2, 0.25) is 26.2 Å². The molecule has 0 rings (SSSR count). The van der Waals surface area contributed by atoms with Gasteiger partial charge in [0.25, 0.3) is 0 Å². The van der Waals surface area contributed by atoms with E-state index in [1.165, 1.54) is 0 Å². The van der Waals surface area contributed by atoms with Gasteiger partial charge in [0.05, 0.1) is 0 Å². The van der Waals surface area contributed by atoms with E-state index < -0.39 is 17.1 Å². The van der Waals surface area contributed by atoms with Gasteiger partial charge in [0.1, 0.15) is 0 Å². The van der Waals surface area contributed by atoms with Crippen LogP contribution in [-0.2, 0) is 8.54 Å². The van der Waals surface area contributed by atoms with Crippen molar-refractivity contribution in [2.75, 3.05) is 6.61 Å². The lowest BCUT2D eigenvalue weighted by Crippen LogP contribution is -2.48. The van der Waals surface area contributed by atoms with E-state index >= 15 is 0 Å². The summed E-state index contributed by atoms with van der Waals surface area (Å²) in [5, 5.41) is 0. The zero-order valence-electron chi connectivity index (χ0n) is 10.5. The van der Waals surface area contributed by atoms with Gasteiger partial charge in [0.2, 0.25) is 0 Å². The maximum Gasteiger partial charge on any atom is 0.484 e. The Bertz CT molecular complexity index is 179. The minimum Gasteiger partial charge on any atom is -0.416 e. The third-order valence-corrected chi connectivity index (χ3v) is 5.91. The van der Waals surface area contributed by atoms with Crippen LogP contribution in [0.25, 0.3) is 0 Å². The summed E-state index contributed by atoms with van der Waals surface area (Å²) < 4.78 is 11.1. The van der Waals surface area contributed by atoms with Gasteiger partial charge in [-0.05, 0) is 25.1 Å². The molecule has 0 aromatic carbocycles. The van der Waals surface area contributed by atoms with Crippen molar-refractivity contribution in [1.82, 2.24) is 0 Å². The van der Waals surface area contributed by atoms with Gasteiger partial charge in [-0.1, -0.05) is 20.8 Å². The Morgan fingerprint density at radius 1 is 1.07 bits per heavy atom. The maximum absolute atomic E-state index is 9.94. The van der Waals surface area contributed by atoms with Crippen molar-refractivity contribution in [2.24, 2.45) is 5.41 Å². The van der Waals surface area contributed by atoms with Gasteiger partial charge in [0.15, 0.2) is 8.32 Å². The molecule has 14 heavy (non-hydrogen) atoms. The molecule has 86 valence electrons. The first-order chi connectivity index (χ1) is 5.91. The van der Waals surface area contributed by atoms with Crippen LogP contribution >= 0.6 is 0 Å². The molecule has 0 heterocycles. The Balaban J connectivity index is 4.09. The number of hydrogen-bond donors (Lipinski definition) is 1. The van der Waals surface area contributed by atoms with Crippen molar-refractivity contribution >= 4 is 17.1 Å². The molecule has 0 radical (unpaired) electrons. The Kier molecular flexibility index (Phi) is 4.54. The second-order valence-corrected chi connectivity index (χ2v) is 13.1. The van der Waals surface area contributed by atoms with Crippen LogP contribution in [0.5, 0.6) is 0 Å². The second kappa shape index (κ2) is 4.44. The van der Waals surface area contributed by atoms with Gasteiger partial charge in [-0.25, -0.2) is 0 Å². The molecule has 1 atom stereocenters. The zero-order chi connectivity index (χ0) is 11.6. The summed E-state index contributed by atoms with van der Waals surface area (Å²) in [6.07, 6.45) is 0. The van der Waals surface area contributed by atoms with E-state index in [-0.39, 0.29) is 5.41 Å². The number of hydrogen-bond acceptors (Lipinski definition) is 3. The molecule has 0 amide bonds. The number of rotatable bonds is 4. The highest BCUT2D eigenvalue weighted by Crippen LogP contribution is 2.18. The molecule has 0 bridgehead atoms. The van der Waals surface area contributed by atoms with Crippen molar-refractivity contribution in [1.29, 1.82) is 0 Å². The van der Waals surface area contributed by atoms with E-state index in [9.17, 15) is 4.80 Å². The molecule has 0 aliphatic heterocycles. The van der Waals surface area contributed by atoms with E-state index in [1.807, 2.05) is 0 Å². The van der Waals surface area contributed by atoms with Gasteiger partial charge in [-0.3, -0.25) is 0 Å². The first kappa shape index (κ1) is 14.3. The Morgan fingerprint density at radius 2 is 1.50 bits per heavy atom. The van der Waals surface area contributed by atoms with Gasteiger partial charge < -0.3 is 13.3 Å². The first-order valence-corrected chi connectivity index (χ1v) is 10.7. The van der Waals surface area contributed by atoms with Gasteiger partial charge in [-0.15, -0.1) is 0 Å². The molecule has 0 aromatic heterocycles. The highest BCUT2D eigenvalue weighted by Gasteiger charge is 2.36. The fourth-order valence-electron chi connectivity index (χ4n) is 0.948. The molecule has 5 heteroatoms. The van der Waals surface area contributed by atoms with E-state index in [0.29, 0.717) is 6.61 Å². The third kappa shape index (κ3) is 8.89. The van der Waals surface area contributed by atoms with Crippen LogP contribution < -0.4 is 0 Å². The summed E-state index contributed by atoms with van der Waals surface area (Å²) in [5.41, 5.74) is 0.0692. The summed E-state index contributed by atoms with van der Waals surface area (Å²) >= 11 is 0. The normalized spacial score (nSPS) is 18.0. The van der Waals surface area contributed by atoms with Crippen LogP contribution in [0.15, 0.2) is 0 Å². The smallest absolute Gasteiger partial charge is 0.416 e. The summed E-state index contributed by atoms with van der Waals surface area (Å²) in [5.74, 6) is 0. The predicted molar refractivity (Wildman–Crippen MR) is 63.7 cm³/mol. The summed E-state index contributed by atoms with van der Waals surface area (Å²) in [4.78, 5) is 9.94. The van der Waals surface area contributed by atoms with Crippen LogP contribution in [0.1, 0.15) is 20.8 Å². The van der Waals surface area contributed by atoms with E-state index in [1.54, 1.807) is 6.55 Å². The van der Waals surface area contributed by atoms with Crippen LogP contribution in [-0.4, -0.2) is 28.5 Å². The van der Waals surface area contributed by atoms with E-state index in [0.717, 1.165) is 0 Å². The standard InChI is InChI=1S/C9H24O3Si2/c1-9(2,3)8-11-14(7,10)12-13(4,5)6/h10H,8H2,1-7H3. The van der Waals surface area contributed by atoms with E-state index in [2.05, 4.69) is 40.4 Å². The molecule has 0 aliphatic carbocycles. The van der Waals surface area contributed by atoms with Crippen LogP contribution in [0.3, 0.4) is 0 Å². The lowest BCUT2D eigenvalue weighted by molar-refractivity contribution is 0.109. The SMILES string of the molecule is CC(C)(C)CO[Si](C)(O)O[Si](C)(C)C. The van der Waals surface area contributed by atoms with E-state index in [4.69, 9.17) is 8.54 Å². The quantitative estimate of drug-likeness (QED) is 0.762. The zero-order valence-corrected chi connectivity index (χ0v) is 12.5. The molecular weight excluding hydrogens is 212 g/mol. The first-order valence-electron chi connectivity index (χ1n) is 4.98. The summed E-state index contributed by atoms with van der Waals surface area (Å²) in [6.45, 7) is 14.6. The minimum absolute atomic E-state index is 0.0692. The van der Waals surface area contributed by atoms with Crippen molar-refractivity contribution in [2.45, 2.75) is 47.0 Å².